The number of hydrogen-bond acceptors (Lipinski definition) is 7. The molecule has 0 spiro atoms. The predicted molar refractivity (Wildman–Crippen MR) is 145 cm³/mol. The van der Waals surface area contributed by atoms with E-state index >= 15 is 0 Å². The normalized spacial score (nSPS) is 15.6. The first kappa shape index (κ1) is 29.5. The number of nitrogens with one attached hydrogen (secondary N) is 1. The minimum absolute atomic E-state index is 0. The quantitative estimate of drug-likeness (QED) is 0.292. The molecule has 0 amide bonds. The molecule has 7 nitrogen and oxygen atoms in total. The number of carbonyl (C=O) groups is 1. The molecule has 0 saturated carbocycles. The number of hydrogen-bond donors (Lipinski definition) is 1. The van der Waals surface area contributed by atoms with E-state index in [1.54, 1.807) is 0 Å². The van der Waals surface area contributed by atoms with E-state index in [1.165, 1.54) is 28.5 Å². The van der Waals surface area contributed by atoms with Crippen LogP contribution >= 0.6 is 0 Å². The zero-order valence-corrected chi connectivity index (χ0v) is 25.3. The van der Waals surface area contributed by atoms with Gasteiger partial charge >= 0.3 is 29.6 Å². The van der Waals surface area contributed by atoms with Gasteiger partial charge in [0.15, 0.2) is 0 Å². The van der Waals surface area contributed by atoms with Crippen LogP contribution in [-0.4, -0.2) is 39.6 Å². The smallest absolute Gasteiger partial charge is 0.550 e. The number of anilines is 1. The average molecular weight is 558 g/mol. The fraction of sp³-hybridized carbons (Fsp3) is 0.367. The summed E-state index contributed by atoms with van der Waals surface area (Å²) in [4.78, 5) is 11.0. The van der Waals surface area contributed by atoms with Gasteiger partial charge in [-0.2, -0.15) is 0 Å². The number of aryl methyl sites for hydroxylation is 2. The second-order valence-electron chi connectivity index (χ2n) is 10.2. The van der Waals surface area contributed by atoms with E-state index in [-0.39, 0.29) is 47.6 Å². The summed E-state index contributed by atoms with van der Waals surface area (Å²) >= 11 is 0. The van der Waals surface area contributed by atoms with Crippen molar-refractivity contribution in [1.82, 2.24) is 0 Å². The Hall–Kier alpha value is -2.52. The molecule has 1 aliphatic heterocycles. The fourth-order valence-corrected chi connectivity index (χ4v) is 5.92. The van der Waals surface area contributed by atoms with Gasteiger partial charge in [-0.1, -0.05) is 24.3 Å². The van der Waals surface area contributed by atoms with Crippen LogP contribution in [0.1, 0.15) is 47.4 Å². The van der Waals surface area contributed by atoms with Crippen molar-refractivity contribution in [3.63, 3.8) is 0 Å². The SMILES string of the molecule is CS(=O)(=O)CCCOc1ccc2c(c1)CCCc1ccc(CNc3ccc4c(c3)OCC4CC(=O)[O-])cc1-2.[Na+]. The molecular formula is C30H32NNaO6S. The second kappa shape index (κ2) is 12.8. The van der Waals surface area contributed by atoms with Gasteiger partial charge in [-0.25, -0.2) is 8.42 Å². The van der Waals surface area contributed by atoms with Crippen LogP contribution in [0.15, 0.2) is 54.6 Å². The molecule has 3 aromatic carbocycles. The molecule has 0 bridgehead atoms. The molecule has 1 N–H and O–H groups in total. The number of aliphatic carboxylic acids is 1. The Kier molecular flexibility index (Phi) is 9.64. The van der Waals surface area contributed by atoms with E-state index in [0.717, 1.165) is 47.6 Å². The van der Waals surface area contributed by atoms with E-state index in [0.29, 0.717) is 26.2 Å². The maximum Gasteiger partial charge on any atom is 1.00 e. The van der Waals surface area contributed by atoms with Crippen molar-refractivity contribution in [1.29, 1.82) is 0 Å². The first-order valence-corrected chi connectivity index (χ1v) is 15.1. The molecule has 1 heterocycles. The molecule has 0 radical (unpaired) electrons. The number of sulfone groups is 1. The summed E-state index contributed by atoms with van der Waals surface area (Å²) in [5.41, 5.74) is 8.03. The molecule has 9 heteroatoms. The third-order valence-electron chi connectivity index (χ3n) is 7.16. The van der Waals surface area contributed by atoms with Crippen molar-refractivity contribution < 1.29 is 57.3 Å². The van der Waals surface area contributed by atoms with Gasteiger partial charge in [0.25, 0.3) is 0 Å². The molecular weight excluding hydrogens is 525 g/mol. The minimum Gasteiger partial charge on any atom is -0.550 e. The van der Waals surface area contributed by atoms with Crippen molar-refractivity contribution in [2.24, 2.45) is 0 Å². The Morgan fingerprint density at radius 3 is 2.67 bits per heavy atom. The van der Waals surface area contributed by atoms with Crippen molar-refractivity contribution in [3.05, 3.63) is 76.9 Å². The van der Waals surface area contributed by atoms with E-state index in [4.69, 9.17) is 9.47 Å². The van der Waals surface area contributed by atoms with Crippen molar-refractivity contribution in [3.8, 4) is 22.6 Å². The third kappa shape index (κ3) is 7.57. The summed E-state index contributed by atoms with van der Waals surface area (Å²) in [6, 6.07) is 18.6. The molecule has 0 saturated heterocycles. The minimum atomic E-state index is -2.98. The monoisotopic (exact) mass is 557 g/mol. The second-order valence-corrected chi connectivity index (χ2v) is 12.4. The van der Waals surface area contributed by atoms with E-state index in [9.17, 15) is 18.3 Å². The number of carboxylic acid groups (broad SMARTS) is 1. The van der Waals surface area contributed by atoms with Gasteiger partial charge in [0.05, 0.1) is 19.0 Å². The molecule has 1 atom stereocenters. The number of carbonyl (C=O) groups excluding carboxylic acids is 1. The van der Waals surface area contributed by atoms with Gasteiger partial charge < -0.3 is 24.7 Å². The summed E-state index contributed by atoms with van der Waals surface area (Å²) < 4.78 is 34.3. The molecule has 1 unspecified atom stereocenters. The predicted octanol–water partition coefficient (Wildman–Crippen LogP) is 0.888. The molecule has 2 aliphatic rings. The Morgan fingerprint density at radius 1 is 1.05 bits per heavy atom. The van der Waals surface area contributed by atoms with Crippen LogP contribution in [0.25, 0.3) is 11.1 Å². The summed E-state index contributed by atoms with van der Waals surface area (Å²) in [5, 5.41) is 14.5. The van der Waals surface area contributed by atoms with Crippen molar-refractivity contribution in [2.75, 3.05) is 30.5 Å². The molecule has 3 aromatic rings. The number of benzene rings is 3. The van der Waals surface area contributed by atoms with Crippen molar-refractivity contribution in [2.45, 2.75) is 44.6 Å². The Balaban J connectivity index is 0.00000353. The van der Waals surface area contributed by atoms with Gasteiger partial charge in [-0.3, -0.25) is 0 Å². The topological polar surface area (TPSA) is 105 Å². The Labute approximate surface area is 252 Å². The van der Waals surface area contributed by atoms with Gasteiger partial charge in [0.2, 0.25) is 0 Å². The molecule has 5 rings (SSSR count). The van der Waals surface area contributed by atoms with Crippen LogP contribution in [-0.2, 0) is 34.0 Å². The van der Waals surface area contributed by atoms with Gasteiger partial charge in [0, 0.05) is 42.0 Å². The number of fused-ring (bicyclic) bond motifs is 4. The Bertz CT molecular complexity index is 1460. The van der Waals surface area contributed by atoms with Crippen LogP contribution in [0.2, 0.25) is 0 Å². The first-order chi connectivity index (χ1) is 18.2. The molecule has 0 fully saturated rings. The molecule has 39 heavy (non-hydrogen) atoms. The van der Waals surface area contributed by atoms with Crippen molar-refractivity contribution >= 4 is 21.5 Å². The zero-order valence-electron chi connectivity index (χ0n) is 22.5. The maximum atomic E-state index is 11.3. The molecule has 200 valence electrons. The standard InChI is InChI=1S/C30H33NO6S.Na/c1-38(34,35)13-3-12-36-25-9-11-26-22(15-25)5-2-4-21-7-6-20(14-28(21)26)18-31-24-8-10-27-23(16-30(32)33)19-37-29(27)17-24;/h6-11,14-15,17,23,31H,2-5,12-13,16,18-19H2,1H3,(H,32,33);/q;+1/p-1. The molecule has 0 aromatic heterocycles. The molecule has 1 aliphatic carbocycles. The maximum absolute atomic E-state index is 11.3. The average Bonchev–Trinajstić information content (AvgIpc) is 3.17. The fourth-order valence-electron chi connectivity index (χ4n) is 5.27. The van der Waals surface area contributed by atoms with Crippen LogP contribution in [0.5, 0.6) is 11.5 Å². The third-order valence-corrected chi connectivity index (χ3v) is 8.19. The zero-order chi connectivity index (χ0) is 26.7. The Morgan fingerprint density at radius 2 is 1.87 bits per heavy atom. The first-order valence-electron chi connectivity index (χ1n) is 13.0. The van der Waals surface area contributed by atoms with Gasteiger partial charge in [-0.05, 0) is 84.2 Å². The summed E-state index contributed by atoms with van der Waals surface area (Å²) in [5.74, 6) is 0.411. The van der Waals surface area contributed by atoms with Crippen LogP contribution in [0.4, 0.5) is 5.69 Å². The van der Waals surface area contributed by atoms with E-state index in [1.807, 2.05) is 24.3 Å². The summed E-state index contributed by atoms with van der Waals surface area (Å²) in [6.07, 6.45) is 4.72. The van der Waals surface area contributed by atoms with Gasteiger partial charge in [0.1, 0.15) is 21.3 Å². The summed E-state index contributed by atoms with van der Waals surface area (Å²) in [6.45, 7) is 1.39. The summed E-state index contributed by atoms with van der Waals surface area (Å²) in [7, 11) is -2.98. The largest absolute Gasteiger partial charge is 1.00 e. The van der Waals surface area contributed by atoms with E-state index < -0.39 is 15.8 Å². The van der Waals surface area contributed by atoms with Crippen LogP contribution in [0, 0.1) is 0 Å². The van der Waals surface area contributed by atoms with Crippen LogP contribution < -0.4 is 49.5 Å². The number of carboxylic acids is 1. The van der Waals surface area contributed by atoms with Crippen LogP contribution in [0.3, 0.4) is 0 Å². The number of rotatable bonds is 10. The van der Waals surface area contributed by atoms with E-state index in [2.05, 4.69) is 35.6 Å². The number of ether oxygens (including phenoxy) is 2. The van der Waals surface area contributed by atoms with Gasteiger partial charge in [-0.15, -0.1) is 0 Å².